The minimum Gasteiger partial charge on any atom is -0.316 e. The number of benzene rings is 1. The summed E-state index contributed by atoms with van der Waals surface area (Å²) in [6, 6.07) is -0.533. The molecule has 2 N–H and O–H groups in total. The van der Waals surface area contributed by atoms with Crippen LogP contribution >= 0.6 is 0 Å². The van der Waals surface area contributed by atoms with Crippen molar-refractivity contribution in [1.82, 2.24) is 15.5 Å². The van der Waals surface area contributed by atoms with E-state index < -0.39 is 46.9 Å². The molecular formula is C20H19F2N3O4. The molecule has 1 aromatic rings. The van der Waals surface area contributed by atoms with Gasteiger partial charge in [-0.25, -0.2) is 8.78 Å². The van der Waals surface area contributed by atoms with Gasteiger partial charge in [-0.2, -0.15) is 0 Å². The third-order valence-corrected chi connectivity index (χ3v) is 6.73. The van der Waals surface area contributed by atoms with E-state index in [1.807, 2.05) is 0 Å². The Morgan fingerprint density at radius 3 is 2.21 bits per heavy atom. The molecule has 3 heterocycles. The van der Waals surface area contributed by atoms with E-state index >= 15 is 0 Å². The van der Waals surface area contributed by atoms with Crippen LogP contribution in [0.3, 0.4) is 0 Å². The number of rotatable bonds is 2. The Labute approximate surface area is 164 Å². The standard InChI is InChI=1S/C20H19F2N3O4/c21-10-5-11(22)16-17(15(10)14-8-1-2-9(14)7-23-6-8)20(29)25(19(16)28)12-3-4-13(26)24-18(12)27/h5,8-9,12,14,23H,1-4,6-7H2,(H,24,26,27). The predicted octanol–water partition coefficient (Wildman–Crippen LogP) is 1.08. The fourth-order valence-electron chi connectivity index (χ4n) is 5.49. The van der Waals surface area contributed by atoms with Crippen LogP contribution in [0.4, 0.5) is 8.78 Å². The van der Waals surface area contributed by atoms with Crippen LogP contribution in [0.25, 0.3) is 0 Å². The summed E-state index contributed by atoms with van der Waals surface area (Å²) in [5, 5.41) is 5.39. The number of halogens is 2. The first-order valence-electron chi connectivity index (χ1n) is 9.82. The number of imide groups is 2. The van der Waals surface area contributed by atoms with Crippen LogP contribution in [0, 0.1) is 23.5 Å². The molecule has 7 nitrogen and oxygen atoms in total. The number of hydrogen-bond acceptors (Lipinski definition) is 5. The van der Waals surface area contributed by atoms with Crippen molar-refractivity contribution < 1.29 is 28.0 Å². The van der Waals surface area contributed by atoms with Crippen LogP contribution in [-0.4, -0.2) is 47.7 Å². The molecule has 1 aromatic carbocycles. The molecule has 0 spiro atoms. The SMILES string of the molecule is O=C1CCC(N2C(=O)c3c(F)cc(F)c(C4C5CCC4CNC5)c3C2=O)C(=O)N1. The van der Waals surface area contributed by atoms with E-state index in [9.17, 15) is 28.0 Å². The van der Waals surface area contributed by atoms with E-state index in [2.05, 4.69) is 10.6 Å². The number of carbonyl (C=O) groups is 4. The van der Waals surface area contributed by atoms with Gasteiger partial charge in [0, 0.05) is 18.1 Å². The van der Waals surface area contributed by atoms with E-state index in [0.29, 0.717) is 24.1 Å². The van der Waals surface area contributed by atoms with E-state index in [-0.39, 0.29) is 41.7 Å². The van der Waals surface area contributed by atoms with E-state index in [4.69, 9.17) is 0 Å². The highest BCUT2D eigenvalue weighted by Gasteiger charge is 2.51. The fourth-order valence-corrected chi connectivity index (χ4v) is 5.49. The zero-order valence-electron chi connectivity index (χ0n) is 15.5. The zero-order chi connectivity index (χ0) is 20.4. The molecule has 3 unspecified atom stereocenters. The Morgan fingerprint density at radius 1 is 0.897 bits per heavy atom. The number of nitrogens with zero attached hydrogens (tertiary/aromatic N) is 1. The Kier molecular flexibility index (Phi) is 4.06. The molecule has 1 aliphatic carbocycles. The summed E-state index contributed by atoms with van der Waals surface area (Å²) in [6.07, 6.45) is 1.67. The summed E-state index contributed by atoms with van der Waals surface area (Å²) < 4.78 is 29.6. The Bertz CT molecular complexity index is 963. The van der Waals surface area contributed by atoms with Crippen LogP contribution < -0.4 is 10.6 Å². The van der Waals surface area contributed by atoms with Gasteiger partial charge in [0.1, 0.15) is 17.7 Å². The second-order valence-electron chi connectivity index (χ2n) is 8.23. The first kappa shape index (κ1) is 18.4. The maximum absolute atomic E-state index is 15.0. The van der Waals surface area contributed by atoms with E-state index in [1.165, 1.54) is 0 Å². The van der Waals surface area contributed by atoms with Crippen molar-refractivity contribution in [3.8, 4) is 0 Å². The topological polar surface area (TPSA) is 95.6 Å². The van der Waals surface area contributed by atoms with Crippen LogP contribution in [0.1, 0.15) is 57.9 Å². The van der Waals surface area contributed by atoms with Gasteiger partial charge in [-0.1, -0.05) is 0 Å². The van der Waals surface area contributed by atoms with Gasteiger partial charge in [-0.05, 0) is 50.1 Å². The number of carbonyl (C=O) groups excluding carboxylic acids is 4. The maximum Gasteiger partial charge on any atom is 0.265 e. The second kappa shape index (κ2) is 6.41. The van der Waals surface area contributed by atoms with Gasteiger partial charge in [-0.15, -0.1) is 0 Å². The number of nitrogens with one attached hydrogen (secondary N) is 2. The molecule has 3 aliphatic heterocycles. The van der Waals surface area contributed by atoms with Gasteiger partial charge in [0.2, 0.25) is 11.8 Å². The summed E-state index contributed by atoms with van der Waals surface area (Å²) in [4.78, 5) is 50.5. The van der Waals surface area contributed by atoms with E-state index in [1.54, 1.807) is 0 Å². The van der Waals surface area contributed by atoms with Crippen molar-refractivity contribution in [2.45, 2.75) is 37.6 Å². The van der Waals surface area contributed by atoms with Crippen LogP contribution in [0.2, 0.25) is 0 Å². The molecule has 2 bridgehead atoms. The highest BCUT2D eigenvalue weighted by atomic mass is 19.1. The van der Waals surface area contributed by atoms with E-state index in [0.717, 1.165) is 12.8 Å². The van der Waals surface area contributed by atoms with Crippen LogP contribution in [0.5, 0.6) is 0 Å². The average Bonchev–Trinajstić information content (AvgIpc) is 3.05. The van der Waals surface area contributed by atoms with Gasteiger partial charge in [0.25, 0.3) is 11.8 Å². The smallest absolute Gasteiger partial charge is 0.265 e. The molecule has 0 aromatic heterocycles. The minimum absolute atomic E-state index is 0.0336. The largest absolute Gasteiger partial charge is 0.316 e. The second-order valence-corrected chi connectivity index (χ2v) is 8.23. The summed E-state index contributed by atoms with van der Waals surface area (Å²) in [6.45, 7) is 1.34. The third kappa shape index (κ3) is 2.56. The molecule has 3 fully saturated rings. The summed E-state index contributed by atoms with van der Waals surface area (Å²) in [5.74, 6) is -5.07. The van der Waals surface area contributed by atoms with Crippen molar-refractivity contribution in [3.63, 3.8) is 0 Å². The van der Waals surface area contributed by atoms with Gasteiger partial charge in [0.05, 0.1) is 11.1 Å². The maximum atomic E-state index is 15.0. The molecule has 5 rings (SSSR count). The number of amides is 4. The molecular weight excluding hydrogens is 384 g/mol. The first-order valence-corrected chi connectivity index (χ1v) is 9.82. The van der Waals surface area contributed by atoms with Gasteiger partial charge >= 0.3 is 0 Å². The van der Waals surface area contributed by atoms with Crippen LogP contribution in [0.15, 0.2) is 6.07 Å². The zero-order valence-corrected chi connectivity index (χ0v) is 15.5. The highest BCUT2D eigenvalue weighted by molar-refractivity contribution is 6.24. The van der Waals surface area contributed by atoms with Crippen molar-refractivity contribution in [1.29, 1.82) is 0 Å². The first-order chi connectivity index (χ1) is 13.9. The predicted molar refractivity (Wildman–Crippen MR) is 94.9 cm³/mol. The molecule has 29 heavy (non-hydrogen) atoms. The molecule has 152 valence electrons. The van der Waals surface area contributed by atoms with Gasteiger partial charge in [0.15, 0.2) is 0 Å². The molecule has 0 radical (unpaired) electrons. The lowest BCUT2D eigenvalue weighted by Gasteiger charge is -2.32. The minimum atomic E-state index is -1.21. The highest BCUT2D eigenvalue weighted by Crippen LogP contribution is 2.49. The quantitative estimate of drug-likeness (QED) is 0.721. The summed E-state index contributed by atoms with van der Waals surface area (Å²) >= 11 is 0. The summed E-state index contributed by atoms with van der Waals surface area (Å²) in [5.41, 5.74) is -0.612. The molecule has 4 aliphatic rings. The number of fused-ring (bicyclic) bond motifs is 3. The third-order valence-electron chi connectivity index (χ3n) is 6.73. The summed E-state index contributed by atoms with van der Waals surface area (Å²) in [7, 11) is 0. The lowest BCUT2D eigenvalue weighted by Crippen LogP contribution is -2.54. The number of hydrogen-bond donors (Lipinski definition) is 2. The van der Waals surface area contributed by atoms with Gasteiger partial charge < -0.3 is 5.32 Å². The fraction of sp³-hybridized carbons (Fsp3) is 0.500. The van der Waals surface area contributed by atoms with Gasteiger partial charge in [-0.3, -0.25) is 29.4 Å². The molecule has 9 heteroatoms. The molecule has 3 atom stereocenters. The average molecular weight is 403 g/mol. The Balaban J connectivity index is 1.62. The number of piperidine rings is 2. The van der Waals surface area contributed by atoms with Crippen molar-refractivity contribution in [3.05, 3.63) is 34.4 Å². The normalized spacial score (nSPS) is 31.3. The van der Waals surface area contributed by atoms with Crippen LogP contribution in [-0.2, 0) is 9.59 Å². The molecule has 1 saturated carbocycles. The monoisotopic (exact) mass is 403 g/mol. The molecule has 4 amide bonds. The van der Waals surface area contributed by atoms with Crippen molar-refractivity contribution in [2.24, 2.45) is 11.8 Å². The van der Waals surface area contributed by atoms with Crippen molar-refractivity contribution >= 4 is 23.6 Å². The lowest BCUT2D eigenvalue weighted by atomic mass is 9.77. The Hall–Kier alpha value is -2.68. The molecule has 2 saturated heterocycles. The Morgan fingerprint density at radius 2 is 1.55 bits per heavy atom. The lowest BCUT2D eigenvalue weighted by molar-refractivity contribution is -0.136. The van der Waals surface area contributed by atoms with Crippen molar-refractivity contribution in [2.75, 3.05) is 13.1 Å².